The van der Waals surface area contributed by atoms with Crippen LogP contribution in [0.15, 0.2) is 42.5 Å². The van der Waals surface area contributed by atoms with Crippen molar-refractivity contribution in [2.45, 2.75) is 32.9 Å². The molecule has 8 heteroatoms. The molecule has 2 N–H and O–H groups in total. The molecule has 1 saturated heterocycles. The van der Waals surface area contributed by atoms with Gasteiger partial charge in [0.2, 0.25) is 0 Å². The van der Waals surface area contributed by atoms with E-state index in [2.05, 4.69) is 34.3 Å². The maximum atomic E-state index is 12.3. The van der Waals surface area contributed by atoms with Crippen LogP contribution >= 0.6 is 0 Å². The van der Waals surface area contributed by atoms with E-state index in [0.717, 1.165) is 43.1 Å². The van der Waals surface area contributed by atoms with Gasteiger partial charge in [0.25, 0.3) is 5.91 Å². The maximum Gasteiger partial charge on any atom is 0.328 e. The monoisotopic (exact) mass is 436 g/mol. The summed E-state index contributed by atoms with van der Waals surface area (Å²) in [5.41, 5.74) is 8.85. The van der Waals surface area contributed by atoms with Gasteiger partial charge in [0.15, 0.2) is 5.69 Å². The van der Waals surface area contributed by atoms with Gasteiger partial charge in [0.05, 0.1) is 18.7 Å². The van der Waals surface area contributed by atoms with Crippen LogP contribution in [0.4, 0.5) is 5.69 Å². The highest BCUT2D eigenvalue weighted by Crippen LogP contribution is 2.28. The molecule has 32 heavy (non-hydrogen) atoms. The lowest BCUT2D eigenvalue weighted by Gasteiger charge is -2.28. The molecular weight excluding hydrogens is 408 g/mol. The predicted molar refractivity (Wildman–Crippen MR) is 123 cm³/mol. The zero-order valence-corrected chi connectivity index (χ0v) is 18.6. The van der Waals surface area contributed by atoms with Gasteiger partial charge in [-0.15, -0.1) is 0 Å². The average Bonchev–Trinajstić information content (AvgIpc) is 3.11. The Hall–Kier alpha value is -3.39. The second-order valence-corrected chi connectivity index (χ2v) is 8.84. The fraction of sp³-hybridized carbons (Fsp3) is 0.375. The molecule has 1 aliphatic rings. The van der Waals surface area contributed by atoms with Gasteiger partial charge in [0, 0.05) is 24.2 Å². The molecule has 0 saturated carbocycles. The molecular formula is C24H28N4O4. The quantitative estimate of drug-likeness (QED) is 0.618. The molecule has 0 radical (unpaired) electrons. The Morgan fingerprint density at radius 1 is 1.06 bits per heavy atom. The molecule has 1 fully saturated rings. The highest BCUT2D eigenvalue weighted by Gasteiger charge is 2.21. The van der Waals surface area contributed by atoms with Crippen molar-refractivity contribution in [3.8, 4) is 11.1 Å². The SMILES string of the molecule is CC(C)(C)OC(=O)Cn1nc(C(N)=O)c2cc(-c3ccc(N4CCOCC4)cc3)ccc21. The summed E-state index contributed by atoms with van der Waals surface area (Å²) in [7, 11) is 0. The summed E-state index contributed by atoms with van der Waals surface area (Å²) >= 11 is 0. The molecule has 3 aromatic rings. The molecule has 168 valence electrons. The van der Waals surface area contributed by atoms with E-state index in [4.69, 9.17) is 15.2 Å². The highest BCUT2D eigenvalue weighted by molar-refractivity contribution is 6.05. The number of anilines is 1. The lowest BCUT2D eigenvalue weighted by molar-refractivity contribution is -0.155. The summed E-state index contributed by atoms with van der Waals surface area (Å²) < 4.78 is 12.3. The zero-order valence-electron chi connectivity index (χ0n) is 18.6. The number of nitrogens with two attached hydrogens (primary N) is 1. The van der Waals surface area contributed by atoms with Gasteiger partial charge >= 0.3 is 5.97 Å². The number of primary amides is 1. The van der Waals surface area contributed by atoms with E-state index < -0.39 is 17.5 Å². The van der Waals surface area contributed by atoms with Gasteiger partial charge in [-0.25, -0.2) is 0 Å². The molecule has 4 rings (SSSR count). The minimum absolute atomic E-state index is 0.103. The molecule has 0 unspecified atom stereocenters. The van der Waals surface area contributed by atoms with Crippen LogP contribution in [0.25, 0.3) is 22.0 Å². The second-order valence-electron chi connectivity index (χ2n) is 8.84. The zero-order chi connectivity index (χ0) is 22.9. The van der Waals surface area contributed by atoms with Crippen LogP contribution in [0.5, 0.6) is 0 Å². The predicted octanol–water partition coefficient (Wildman–Crippen LogP) is 2.98. The van der Waals surface area contributed by atoms with Crippen molar-refractivity contribution in [2.75, 3.05) is 31.2 Å². The summed E-state index contributed by atoms with van der Waals surface area (Å²) in [6.45, 7) is 8.54. The van der Waals surface area contributed by atoms with Crippen molar-refractivity contribution in [2.24, 2.45) is 5.73 Å². The standard InChI is InChI=1S/C24H28N4O4/c1-24(2,3)32-21(29)15-28-20-9-6-17(14-19(20)22(26-28)23(25)30)16-4-7-18(8-5-16)27-10-12-31-13-11-27/h4-9,14H,10-13,15H2,1-3H3,(H2,25,30). The Labute approximate surface area is 186 Å². The summed E-state index contributed by atoms with van der Waals surface area (Å²) in [6, 6.07) is 14.0. The number of ether oxygens (including phenoxy) is 2. The largest absolute Gasteiger partial charge is 0.459 e. The van der Waals surface area contributed by atoms with Crippen LogP contribution in [-0.2, 0) is 20.8 Å². The van der Waals surface area contributed by atoms with Crippen molar-refractivity contribution >= 4 is 28.5 Å². The van der Waals surface area contributed by atoms with Crippen LogP contribution in [0.1, 0.15) is 31.3 Å². The van der Waals surface area contributed by atoms with E-state index in [1.807, 2.05) is 18.2 Å². The number of hydrogen-bond donors (Lipinski definition) is 1. The third-order valence-electron chi connectivity index (χ3n) is 5.26. The van der Waals surface area contributed by atoms with Gasteiger partial charge < -0.3 is 20.1 Å². The van der Waals surface area contributed by atoms with Gasteiger partial charge in [0.1, 0.15) is 12.1 Å². The van der Waals surface area contributed by atoms with E-state index in [1.54, 1.807) is 20.8 Å². The molecule has 0 bridgehead atoms. The molecule has 8 nitrogen and oxygen atoms in total. The van der Waals surface area contributed by atoms with Crippen molar-refractivity contribution in [1.82, 2.24) is 9.78 Å². The van der Waals surface area contributed by atoms with Crippen LogP contribution in [-0.4, -0.2) is 53.6 Å². The lowest BCUT2D eigenvalue weighted by Crippen LogP contribution is -2.36. The summed E-state index contributed by atoms with van der Waals surface area (Å²) in [4.78, 5) is 26.6. The number of nitrogens with zero attached hydrogens (tertiary/aromatic N) is 3. The topological polar surface area (TPSA) is 99.7 Å². The lowest BCUT2D eigenvalue weighted by atomic mass is 10.0. The number of carbonyl (C=O) groups excluding carboxylic acids is 2. The van der Waals surface area contributed by atoms with Crippen LogP contribution in [0.2, 0.25) is 0 Å². The Morgan fingerprint density at radius 3 is 2.34 bits per heavy atom. The number of amides is 1. The summed E-state index contributed by atoms with van der Waals surface area (Å²) in [5.74, 6) is -1.07. The third-order valence-corrected chi connectivity index (χ3v) is 5.26. The first kappa shape index (κ1) is 21.8. The van der Waals surface area contributed by atoms with Crippen LogP contribution < -0.4 is 10.6 Å². The molecule has 2 heterocycles. The smallest absolute Gasteiger partial charge is 0.328 e. The molecule has 0 atom stereocenters. The number of rotatable bonds is 5. The second kappa shape index (κ2) is 8.63. The van der Waals surface area contributed by atoms with Crippen LogP contribution in [0, 0.1) is 0 Å². The fourth-order valence-electron chi connectivity index (χ4n) is 3.84. The van der Waals surface area contributed by atoms with E-state index in [0.29, 0.717) is 10.9 Å². The number of carbonyl (C=O) groups is 2. The van der Waals surface area contributed by atoms with Crippen molar-refractivity contribution in [3.63, 3.8) is 0 Å². The first-order chi connectivity index (χ1) is 15.2. The van der Waals surface area contributed by atoms with E-state index in [1.165, 1.54) is 4.68 Å². The number of fused-ring (bicyclic) bond motifs is 1. The van der Waals surface area contributed by atoms with Gasteiger partial charge in [-0.1, -0.05) is 18.2 Å². The third kappa shape index (κ3) is 4.75. The Morgan fingerprint density at radius 2 is 1.72 bits per heavy atom. The molecule has 1 aliphatic heterocycles. The molecule has 0 spiro atoms. The van der Waals surface area contributed by atoms with E-state index in [-0.39, 0.29) is 12.2 Å². The summed E-state index contributed by atoms with van der Waals surface area (Å²) in [6.07, 6.45) is 0. The molecule has 2 aromatic carbocycles. The Bertz CT molecular complexity index is 1140. The van der Waals surface area contributed by atoms with Gasteiger partial charge in [-0.3, -0.25) is 14.3 Å². The normalized spacial score (nSPS) is 14.5. The molecule has 1 aromatic heterocycles. The van der Waals surface area contributed by atoms with E-state index >= 15 is 0 Å². The van der Waals surface area contributed by atoms with Crippen molar-refractivity contribution in [1.29, 1.82) is 0 Å². The van der Waals surface area contributed by atoms with Gasteiger partial charge in [-0.2, -0.15) is 5.10 Å². The first-order valence-corrected chi connectivity index (χ1v) is 10.7. The Kier molecular flexibility index (Phi) is 5.88. The Balaban J connectivity index is 1.64. The maximum absolute atomic E-state index is 12.3. The molecule has 1 amide bonds. The number of benzene rings is 2. The molecule has 0 aliphatic carbocycles. The van der Waals surface area contributed by atoms with Crippen LogP contribution in [0.3, 0.4) is 0 Å². The van der Waals surface area contributed by atoms with Crippen molar-refractivity contribution < 1.29 is 19.1 Å². The fourth-order valence-corrected chi connectivity index (χ4v) is 3.84. The van der Waals surface area contributed by atoms with E-state index in [9.17, 15) is 9.59 Å². The summed E-state index contributed by atoms with van der Waals surface area (Å²) in [5, 5.41) is 4.90. The van der Waals surface area contributed by atoms with Crippen molar-refractivity contribution in [3.05, 3.63) is 48.2 Å². The number of aromatic nitrogens is 2. The van der Waals surface area contributed by atoms with Gasteiger partial charge in [-0.05, 0) is 56.2 Å². The number of hydrogen-bond acceptors (Lipinski definition) is 6. The minimum Gasteiger partial charge on any atom is -0.459 e. The first-order valence-electron chi connectivity index (χ1n) is 10.7. The average molecular weight is 437 g/mol. The highest BCUT2D eigenvalue weighted by atomic mass is 16.6. The minimum atomic E-state index is -0.641. The number of morpholine rings is 1. The number of esters is 1.